The molecule has 4 heterocycles. The molecule has 2 aliphatic rings. The molecule has 0 radical (unpaired) electrons. The van der Waals surface area contributed by atoms with Gasteiger partial charge in [0.1, 0.15) is 23.0 Å². The largest absolute Gasteiger partial charge is 0.456 e. The van der Waals surface area contributed by atoms with Crippen molar-refractivity contribution in [3.8, 4) is 28.7 Å². The highest BCUT2D eigenvalue weighted by molar-refractivity contribution is 6.98. The number of para-hydroxylation sites is 5. The van der Waals surface area contributed by atoms with Crippen molar-refractivity contribution in [3.05, 3.63) is 158 Å². The lowest BCUT2D eigenvalue weighted by Crippen LogP contribution is -2.57. The normalized spacial score (nSPS) is 12.6. The maximum Gasteiger partial charge on any atom is 0.261 e. The van der Waals surface area contributed by atoms with Gasteiger partial charge in [-0.2, -0.15) is 0 Å². The molecule has 5 nitrogen and oxygen atoms in total. The first-order valence-electron chi connectivity index (χ1n) is 15.8. The van der Waals surface area contributed by atoms with E-state index < -0.39 is 0 Å². The first-order valence-corrected chi connectivity index (χ1v) is 15.8. The minimum absolute atomic E-state index is 0.114. The second kappa shape index (κ2) is 10.1. The summed E-state index contributed by atoms with van der Waals surface area (Å²) >= 11 is 0. The van der Waals surface area contributed by atoms with Crippen molar-refractivity contribution >= 4 is 62.0 Å². The van der Waals surface area contributed by atoms with Gasteiger partial charge in [0, 0.05) is 33.8 Å². The first kappa shape index (κ1) is 26.0. The van der Waals surface area contributed by atoms with E-state index in [0.29, 0.717) is 0 Å². The number of ether oxygens (including phenoxy) is 2. The fourth-order valence-corrected chi connectivity index (χ4v) is 7.45. The van der Waals surface area contributed by atoms with Crippen molar-refractivity contribution in [2.45, 2.75) is 0 Å². The fraction of sp³-hybridized carbons (Fsp3) is 0. The lowest BCUT2D eigenvalue weighted by atomic mass is 9.35. The summed E-state index contributed by atoms with van der Waals surface area (Å²) in [6.45, 7) is -0.114. The van der Waals surface area contributed by atoms with Gasteiger partial charge in [0.15, 0.2) is 0 Å². The highest BCUT2D eigenvalue weighted by atomic mass is 16.5. The maximum atomic E-state index is 7.00. The standard InChI is InChI=1S/C41H26BN3O2/c1-3-12-27(13-4-1)44(28-14-5-2-6-15-28)35-21-11-18-32-40(35)46-37-23-22-36(41-39(37)42(32)31-24-25-43-26-38(31)47-41)45-33-19-9-7-16-29(33)30-17-8-10-20-34(30)45/h1-26H. The van der Waals surface area contributed by atoms with Gasteiger partial charge >= 0.3 is 0 Å². The van der Waals surface area contributed by atoms with E-state index >= 15 is 0 Å². The highest BCUT2D eigenvalue weighted by Gasteiger charge is 2.43. The van der Waals surface area contributed by atoms with Gasteiger partial charge in [-0.05, 0) is 71.6 Å². The number of anilines is 3. The molecule has 2 aromatic heterocycles. The third-order valence-corrected chi connectivity index (χ3v) is 9.40. The van der Waals surface area contributed by atoms with E-state index in [1.54, 1.807) is 0 Å². The van der Waals surface area contributed by atoms with Crippen LogP contribution >= 0.6 is 0 Å². The van der Waals surface area contributed by atoms with Gasteiger partial charge in [0.2, 0.25) is 0 Å². The summed E-state index contributed by atoms with van der Waals surface area (Å²) in [5.41, 5.74) is 9.49. The quantitative estimate of drug-likeness (QED) is 0.190. The van der Waals surface area contributed by atoms with Crippen LogP contribution in [0.15, 0.2) is 158 Å². The van der Waals surface area contributed by atoms with Crippen LogP contribution in [0.2, 0.25) is 0 Å². The number of pyridine rings is 1. The van der Waals surface area contributed by atoms with E-state index in [1.807, 2.05) is 24.5 Å². The monoisotopic (exact) mass is 603 g/mol. The Balaban J connectivity index is 1.24. The molecule has 0 unspecified atom stereocenters. The van der Waals surface area contributed by atoms with Crippen LogP contribution in [0.5, 0.6) is 23.0 Å². The minimum Gasteiger partial charge on any atom is -0.456 e. The molecule has 0 atom stereocenters. The van der Waals surface area contributed by atoms with E-state index in [2.05, 4.69) is 148 Å². The molecule has 0 aliphatic carbocycles. The van der Waals surface area contributed by atoms with Crippen molar-refractivity contribution in [2.75, 3.05) is 4.90 Å². The predicted molar refractivity (Wildman–Crippen MR) is 191 cm³/mol. The Morgan fingerprint density at radius 1 is 0.532 bits per heavy atom. The molecule has 220 valence electrons. The van der Waals surface area contributed by atoms with E-state index in [-0.39, 0.29) is 6.71 Å². The summed E-state index contributed by atoms with van der Waals surface area (Å²) in [7, 11) is 0. The SMILES string of the molecule is c1ccc(N(c2ccccc2)c2cccc3c2Oc2ccc(-n4c5ccccc5c5ccccc54)c4c2B3c2ccncc2O4)cc1. The number of benzene rings is 6. The number of aromatic nitrogens is 2. The van der Waals surface area contributed by atoms with E-state index in [4.69, 9.17) is 9.47 Å². The molecule has 6 aromatic carbocycles. The molecule has 47 heavy (non-hydrogen) atoms. The average Bonchev–Trinajstić information content (AvgIpc) is 3.47. The van der Waals surface area contributed by atoms with Gasteiger partial charge in [-0.15, -0.1) is 0 Å². The number of hydrogen-bond donors (Lipinski definition) is 0. The Morgan fingerprint density at radius 3 is 1.87 bits per heavy atom. The molecule has 0 amide bonds. The van der Waals surface area contributed by atoms with Gasteiger partial charge in [-0.1, -0.05) is 84.9 Å². The molecule has 0 fully saturated rings. The zero-order chi connectivity index (χ0) is 30.9. The van der Waals surface area contributed by atoms with Crippen molar-refractivity contribution in [1.82, 2.24) is 9.55 Å². The van der Waals surface area contributed by atoms with Crippen molar-refractivity contribution in [1.29, 1.82) is 0 Å². The van der Waals surface area contributed by atoms with Crippen LogP contribution in [0.1, 0.15) is 0 Å². The summed E-state index contributed by atoms with van der Waals surface area (Å²) in [6.07, 6.45) is 3.68. The topological polar surface area (TPSA) is 39.5 Å². The zero-order valence-electron chi connectivity index (χ0n) is 25.2. The van der Waals surface area contributed by atoms with Crippen LogP contribution in [0, 0.1) is 0 Å². The van der Waals surface area contributed by atoms with Crippen LogP contribution < -0.4 is 30.8 Å². The Morgan fingerprint density at radius 2 is 1.17 bits per heavy atom. The Bertz CT molecular complexity index is 2400. The summed E-state index contributed by atoms with van der Waals surface area (Å²) in [5.74, 6) is 3.17. The third kappa shape index (κ3) is 3.82. The molecule has 6 heteroatoms. The van der Waals surface area contributed by atoms with Crippen LogP contribution in [-0.2, 0) is 0 Å². The second-order valence-electron chi connectivity index (χ2n) is 11.9. The molecule has 0 spiro atoms. The molecule has 0 bridgehead atoms. The molecule has 10 rings (SSSR count). The predicted octanol–water partition coefficient (Wildman–Crippen LogP) is 8.38. The molecule has 0 saturated heterocycles. The molecule has 0 N–H and O–H groups in total. The summed E-state index contributed by atoms with van der Waals surface area (Å²) in [4.78, 5) is 6.75. The number of fused-ring (bicyclic) bond motifs is 7. The lowest BCUT2D eigenvalue weighted by molar-refractivity contribution is 0.462. The third-order valence-electron chi connectivity index (χ3n) is 9.40. The minimum atomic E-state index is -0.114. The Labute approximate surface area is 272 Å². The van der Waals surface area contributed by atoms with E-state index in [9.17, 15) is 0 Å². The van der Waals surface area contributed by atoms with Crippen molar-refractivity contribution < 1.29 is 9.47 Å². The van der Waals surface area contributed by atoms with Crippen LogP contribution in [-0.4, -0.2) is 16.3 Å². The summed E-state index contributed by atoms with van der Waals surface area (Å²) < 4.78 is 16.1. The fourth-order valence-electron chi connectivity index (χ4n) is 7.45. The van der Waals surface area contributed by atoms with Crippen LogP contribution in [0.3, 0.4) is 0 Å². The van der Waals surface area contributed by atoms with E-state index in [1.165, 1.54) is 10.8 Å². The maximum absolute atomic E-state index is 7.00. The molecular formula is C41H26BN3O2. The zero-order valence-corrected chi connectivity index (χ0v) is 25.2. The molecular weight excluding hydrogens is 577 g/mol. The van der Waals surface area contributed by atoms with Gasteiger partial charge in [-0.25, -0.2) is 0 Å². The Kier molecular flexibility index (Phi) is 5.60. The second-order valence-corrected chi connectivity index (χ2v) is 11.9. The molecule has 8 aromatic rings. The van der Waals surface area contributed by atoms with Gasteiger partial charge in [0.25, 0.3) is 6.71 Å². The number of nitrogens with zero attached hydrogens (tertiary/aromatic N) is 3. The van der Waals surface area contributed by atoms with Crippen LogP contribution in [0.4, 0.5) is 17.1 Å². The molecule has 0 saturated carbocycles. The Hall–Kier alpha value is -6.27. The van der Waals surface area contributed by atoms with Crippen molar-refractivity contribution in [2.24, 2.45) is 0 Å². The number of rotatable bonds is 4. The average molecular weight is 603 g/mol. The summed E-state index contributed by atoms with van der Waals surface area (Å²) in [5, 5.41) is 2.41. The van der Waals surface area contributed by atoms with Gasteiger partial charge < -0.3 is 18.9 Å². The number of hydrogen-bond acceptors (Lipinski definition) is 4. The van der Waals surface area contributed by atoms with Crippen LogP contribution in [0.25, 0.3) is 27.5 Å². The highest BCUT2D eigenvalue weighted by Crippen LogP contribution is 2.45. The molecule has 2 aliphatic heterocycles. The smallest absolute Gasteiger partial charge is 0.261 e. The van der Waals surface area contributed by atoms with Gasteiger partial charge in [-0.3, -0.25) is 4.98 Å². The first-order chi connectivity index (χ1) is 23.3. The summed E-state index contributed by atoms with van der Waals surface area (Å²) in [6, 6.07) is 50.8. The van der Waals surface area contributed by atoms with Gasteiger partial charge in [0.05, 0.1) is 28.6 Å². The van der Waals surface area contributed by atoms with Crippen molar-refractivity contribution in [3.63, 3.8) is 0 Å². The van der Waals surface area contributed by atoms with E-state index in [0.717, 1.165) is 73.2 Å². The lowest BCUT2D eigenvalue weighted by Gasteiger charge is -2.36.